The fourth-order valence-corrected chi connectivity index (χ4v) is 3.08. The average Bonchev–Trinajstić information content (AvgIpc) is 2.87. The Bertz CT molecular complexity index is 962. The van der Waals surface area contributed by atoms with Crippen LogP contribution in [-0.2, 0) is 11.3 Å². The Morgan fingerprint density at radius 2 is 1.79 bits per heavy atom. The lowest BCUT2D eigenvalue weighted by Gasteiger charge is -2.13. The van der Waals surface area contributed by atoms with Crippen LogP contribution in [-0.4, -0.2) is 15.6 Å². The summed E-state index contributed by atoms with van der Waals surface area (Å²) >= 11 is 15.5. The molecule has 121 valence electrons. The minimum absolute atomic E-state index is 0.0389. The van der Waals surface area contributed by atoms with Gasteiger partial charge < -0.3 is 0 Å². The highest BCUT2D eigenvalue weighted by Crippen LogP contribution is 2.22. The van der Waals surface area contributed by atoms with Gasteiger partial charge in [-0.1, -0.05) is 45.2 Å². The topological polar surface area (TPSA) is 44.0 Å². The largest absolute Gasteiger partial charge is 0.285 e. The van der Waals surface area contributed by atoms with Crippen LogP contribution in [0.25, 0.3) is 5.69 Å². The Morgan fingerprint density at radius 3 is 2.42 bits per heavy atom. The molecule has 1 aromatic heterocycles. The predicted molar refractivity (Wildman–Crippen MR) is 98.1 cm³/mol. The van der Waals surface area contributed by atoms with Crippen LogP contribution in [0.15, 0.2) is 57.9 Å². The first kappa shape index (κ1) is 17.0. The molecule has 2 aromatic carbocycles. The summed E-state index contributed by atoms with van der Waals surface area (Å²) in [6.07, 6.45) is 3.14. The van der Waals surface area contributed by atoms with Gasteiger partial charge in [0, 0.05) is 20.7 Å². The standard InChI is InChI=1S/C17H10BrCl2N2O2/c18-13-2-5-15(6-3-13)22-17(24)12(10-23)9-21(22)8-11-1-4-14(19)7-16(11)20/h1-7,9H,8H2. The van der Waals surface area contributed by atoms with Gasteiger partial charge in [0.05, 0.1) is 12.2 Å². The SMILES string of the molecule is O=[C]c1cn(Cc2ccc(Cl)cc2Cl)n(-c2ccc(Br)cc2)c1=O. The second-order valence-corrected chi connectivity index (χ2v) is 6.83. The zero-order chi connectivity index (χ0) is 17.3. The molecule has 7 heteroatoms. The third-order valence-corrected chi connectivity index (χ3v) is 4.60. The quantitative estimate of drug-likeness (QED) is 0.629. The molecule has 3 rings (SSSR count). The molecule has 0 aliphatic heterocycles. The van der Waals surface area contributed by atoms with Crippen molar-refractivity contribution in [2.75, 3.05) is 0 Å². The van der Waals surface area contributed by atoms with Crippen molar-refractivity contribution < 1.29 is 4.79 Å². The molecule has 0 saturated heterocycles. The molecule has 0 unspecified atom stereocenters. The van der Waals surface area contributed by atoms with E-state index in [9.17, 15) is 9.59 Å². The van der Waals surface area contributed by atoms with Crippen LogP contribution in [0, 0.1) is 0 Å². The molecule has 0 N–H and O–H groups in total. The zero-order valence-corrected chi connectivity index (χ0v) is 15.3. The molecule has 1 heterocycles. The van der Waals surface area contributed by atoms with E-state index in [4.69, 9.17) is 23.2 Å². The fourth-order valence-electron chi connectivity index (χ4n) is 2.35. The normalized spacial score (nSPS) is 10.8. The van der Waals surface area contributed by atoms with Gasteiger partial charge in [0.2, 0.25) is 6.29 Å². The molecule has 0 spiro atoms. The van der Waals surface area contributed by atoms with Crippen LogP contribution in [0.3, 0.4) is 0 Å². The summed E-state index contributed by atoms with van der Waals surface area (Å²) in [5.74, 6) is 0. The van der Waals surface area contributed by atoms with Crippen molar-refractivity contribution in [3.63, 3.8) is 0 Å². The highest BCUT2D eigenvalue weighted by molar-refractivity contribution is 9.10. The minimum Gasteiger partial charge on any atom is -0.285 e. The minimum atomic E-state index is -0.433. The molecule has 0 aliphatic rings. The van der Waals surface area contributed by atoms with Gasteiger partial charge >= 0.3 is 0 Å². The lowest BCUT2D eigenvalue weighted by molar-refractivity contribution is 0.562. The lowest BCUT2D eigenvalue weighted by Crippen LogP contribution is -2.22. The van der Waals surface area contributed by atoms with E-state index in [0.29, 0.717) is 22.3 Å². The van der Waals surface area contributed by atoms with Gasteiger partial charge in [-0.25, -0.2) is 4.68 Å². The Kier molecular flexibility index (Phi) is 4.94. The van der Waals surface area contributed by atoms with E-state index in [1.165, 1.54) is 10.9 Å². The van der Waals surface area contributed by atoms with Crippen molar-refractivity contribution in [2.45, 2.75) is 6.54 Å². The molecule has 3 aromatic rings. The van der Waals surface area contributed by atoms with Crippen molar-refractivity contribution in [2.24, 2.45) is 0 Å². The van der Waals surface area contributed by atoms with E-state index in [1.807, 2.05) is 12.1 Å². The molecule has 0 amide bonds. The van der Waals surface area contributed by atoms with E-state index in [1.54, 1.807) is 41.3 Å². The number of benzene rings is 2. The van der Waals surface area contributed by atoms with Crippen molar-refractivity contribution in [3.05, 3.63) is 84.7 Å². The summed E-state index contributed by atoms with van der Waals surface area (Å²) in [4.78, 5) is 23.5. The van der Waals surface area contributed by atoms with Crippen LogP contribution in [0.4, 0.5) is 0 Å². The highest BCUT2D eigenvalue weighted by atomic mass is 79.9. The molecule has 0 fully saturated rings. The van der Waals surface area contributed by atoms with Gasteiger partial charge in [0.25, 0.3) is 5.56 Å². The molecular formula is C17H10BrCl2N2O2. The molecule has 4 nitrogen and oxygen atoms in total. The summed E-state index contributed by atoms with van der Waals surface area (Å²) in [5.41, 5.74) is 0.939. The van der Waals surface area contributed by atoms with E-state index in [0.717, 1.165) is 10.0 Å². The second-order valence-electron chi connectivity index (χ2n) is 5.07. The second kappa shape index (κ2) is 6.97. The number of hydrogen-bond donors (Lipinski definition) is 0. The van der Waals surface area contributed by atoms with Gasteiger partial charge in [-0.15, -0.1) is 0 Å². The average molecular weight is 425 g/mol. The summed E-state index contributed by atoms with van der Waals surface area (Å²) in [6.45, 7) is 0.309. The number of carbonyl (C=O) groups excluding carboxylic acids is 1. The Labute approximate surface area is 156 Å². The molecule has 0 saturated carbocycles. The molecule has 1 radical (unpaired) electrons. The fraction of sp³-hybridized carbons (Fsp3) is 0.0588. The first-order chi connectivity index (χ1) is 11.5. The summed E-state index contributed by atoms with van der Waals surface area (Å²) in [7, 11) is 0. The third kappa shape index (κ3) is 3.34. The third-order valence-electron chi connectivity index (χ3n) is 3.49. The summed E-state index contributed by atoms with van der Waals surface area (Å²) < 4.78 is 3.93. The van der Waals surface area contributed by atoms with E-state index < -0.39 is 5.56 Å². The number of aromatic nitrogens is 2. The molecule has 24 heavy (non-hydrogen) atoms. The predicted octanol–water partition coefficient (Wildman–Crippen LogP) is 4.21. The van der Waals surface area contributed by atoms with Crippen molar-refractivity contribution in [1.29, 1.82) is 0 Å². The van der Waals surface area contributed by atoms with Gasteiger partial charge in [-0.3, -0.25) is 14.3 Å². The van der Waals surface area contributed by atoms with Crippen LogP contribution >= 0.6 is 39.1 Å². The molecule has 0 aliphatic carbocycles. The van der Waals surface area contributed by atoms with Crippen LogP contribution in [0.2, 0.25) is 10.0 Å². The number of hydrogen-bond acceptors (Lipinski definition) is 2. The highest BCUT2D eigenvalue weighted by Gasteiger charge is 2.14. The van der Waals surface area contributed by atoms with Gasteiger partial charge in [-0.2, -0.15) is 0 Å². The van der Waals surface area contributed by atoms with E-state index in [2.05, 4.69) is 15.9 Å². The molecule has 0 atom stereocenters. The van der Waals surface area contributed by atoms with Crippen molar-refractivity contribution in [3.8, 4) is 5.69 Å². The van der Waals surface area contributed by atoms with Crippen molar-refractivity contribution >= 4 is 45.4 Å². The van der Waals surface area contributed by atoms with Crippen molar-refractivity contribution in [1.82, 2.24) is 9.36 Å². The Hall–Kier alpha value is -1.82. The maximum Gasteiger partial charge on any atom is 0.282 e. The lowest BCUT2D eigenvalue weighted by atomic mass is 10.2. The number of rotatable bonds is 4. The number of halogens is 3. The Morgan fingerprint density at radius 1 is 1.08 bits per heavy atom. The van der Waals surface area contributed by atoms with Crippen LogP contribution in [0.1, 0.15) is 11.1 Å². The first-order valence-corrected chi connectivity index (χ1v) is 8.45. The van der Waals surface area contributed by atoms with Gasteiger partial charge in [0.15, 0.2) is 0 Å². The first-order valence-electron chi connectivity index (χ1n) is 6.90. The van der Waals surface area contributed by atoms with Crippen LogP contribution < -0.4 is 5.56 Å². The van der Waals surface area contributed by atoms with Crippen LogP contribution in [0.5, 0.6) is 0 Å². The van der Waals surface area contributed by atoms with Gasteiger partial charge in [-0.05, 0) is 42.0 Å². The van der Waals surface area contributed by atoms with Gasteiger partial charge in [0.1, 0.15) is 5.56 Å². The monoisotopic (exact) mass is 423 g/mol. The molecule has 0 bridgehead atoms. The molecular weight excluding hydrogens is 415 g/mol. The number of nitrogens with zero attached hydrogens (tertiary/aromatic N) is 2. The zero-order valence-electron chi connectivity index (χ0n) is 12.2. The maximum atomic E-state index is 12.4. The smallest absolute Gasteiger partial charge is 0.282 e. The maximum absolute atomic E-state index is 12.4. The van der Waals surface area contributed by atoms with E-state index in [-0.39, 0.29) is 5.56 Å². The summed E-state index contributed by atoms with van der Waals surface area (Å²) in [5, 5.41) is 1.02. The van der Waals surface area contributed by atoms with E-state index >= 15 is 0 Å². The Balaban J connectivity index is 2.12. The summed E-state index contributed by atoms with van der Waals surface area (Å²) in [6, 6.07) is 12.3.